The fourth-order valence-electron chi connectivity index (χ4n) is 5.46. The topological polar surface area (TPSA) is 183 Å². The van der Waals surface area contributed by atoms with Crippen molar-refractivity contribution in [2.24, 2.45) is 0 Å². The molecule has 0 bridgehead atoms. The number of ether oxygens (including phenoxy) is 8. The molecule has 0 aromatic heterocycles. The van der Waals surface area contributed by atoms with Crippen LogP contribution in [-0.4, -0.2) is 60.5 Å². The van der Waals surface area contributed by atoms with Gasteiger partial charge in [0.15, 0.2) is 46.0 Å². The molecule has 8 rings (SSSR count). The lowest BCUT2D eigenvalue weighted by Gasteiger charge is -2.15. The van der Waals surface area contributed by atoms with Crippen LogP contribution in [0.15, 0.2) is 48.5 Å². The standard InChI is InChI=1S/C32H18O14/c33-19-1-13(3-25-31(19)45-11-43-25)27(35)29(37)17-7-23-21(39-9-41-23)5-15(17)16-6-22-24(42-10-40-22)8-18(16)30(38)28(36)14-2-20(34)32-26(4-14)44-12-46-32/h1-8,33-34H,9-12H2. The second-order valence-corrected chi connectivity index (χ2v) is 10.3. The second kappa shape index (κ2) is 10.1. The van der Waals surface area contributed by atoms with Crippen LogP contribution in [0.5, 0.6) is 57.5 Å². The summed E-state index contributed by atoms with van der Waals surface area (Å²) in [6.45, 7) is -0.691. The Morgan fingerprint density at radius 3 is 1.17 bits per heavy atom. The highest BCUT2D eigenvalue weighted by Crippen LogP contribution is 2.46. The highest BCUT2D eigenvalue weighted by molar-refractivity contribution is 6.52. The zero-order valence-corrected chi connectivity index (χ0v) is 23.2. The molecule has 14 heteroatoms. The van der Waals surface area contributed by atoms with Gasteiger partial charge in [0.05, 0.1) is 0 Å². The number of Topliss-reactive ketones (excluding diaryl/α,β-unsaturated/α-hetero) is 4. The van der Waals surface area contributed by atoms with Crippen molar-refractivity contribution in [3.8, 4) is 68.6 Å². The molecule has 0 saturated heterocycles. The Kier molecular flexibility index (Phi) is 5.93. The number of carbonyl (C=O) groups excluding carboxylic acids is 4. The molecule has 4 aliphatic heterocycles. The molecule has 46 heavy (non-hydrogen) atoms. The van der Waals surface area contributed by atoms with Crippen LogP contribution in [0.3, 0.4) is 0 Å². The van der Waals surface area contributed by atoms with Gasteiger partial charge in [-0.05, 0) is 59.7 Å². The highest BCUT2D eigenvalue weighted by atomic mass is 16.7. The van der Waals surface area contributed by atoms with E-state index in [4.69, 9.17) is 37.9 Å². The number of ketones is 4. The molecule has 230 valence electrons. The molecule has 0 radical (unpaired) electrons. The predicted octanol–water partition coefficient (Wildman–Crippen LogP) is 3.81. The maximum absolute atomic E-state index is 13.9. The lowest BCUT2D eigenvalue weighted by molar-refractivity contribution is 0.0815. The molecule has 0 aliphatic carbocycles. The number of rotatable bonds is 7. The van der Waals surface area contributed by atoms with E-state index in [-0.39, 0.29) is 107 Å². The molecule has 0 amide bonds. The number of aromatic hydroxyl groups is 2. The number of phenolic OH excluding ortho intramolecular Hbond substituents is 2. The van der Waals surface area contributed by atoms with Gasteiger partial charge in [0.25, 0.3) is 0 Å². The van der Waals surface area contributed by atoms with Crippen molar-refractivity contribution in [2.75, 3.05) is 27.2 Å². The summed E-state index contributed by atoms with van der Waals surface area (Å²) in [5.74, 6) is -3.91. The van der Waals surface area contributed by atoms with E-state index in [1.165, 1.54) is 36.4 Å². The summed E-state index contributed by atoms with van der Waals surface area (Å²) in [4.78, 5) is 54.9. The van der Waals surface area contributed by atoms with Gasteiger partial charge in [0.1, 0.15) is 0 Å². The Morgan fingerprint density at radius 1 is 0.413 bits per heavy atom. The van der Waals surface area contributed by atoms with E-state index in [0.29, 0.717) is 0 Å². The van der Waals surface area contributed by atoms with E-state index in [1.54, 1.807) is 0 Å². The second-order valence-electron chi connectivity index (χ2n) is 10.3. The van der Waals surface area contributed by atoms with Gasteiger partial charge in [-0.2, -0.15) is 0 Å². The van der Waals surface area contributed by atoms with Gasteiger partial charge in [-0.25, -0.2) is 0 Å². The third-order valence-corrected chi connectivity index (χ3v) is 7.65. The first kappa shape index (κ1) is 27.1. The number of benzene rings is 4. The van der Waals surface area contributed by atoms with Gasteiger partial charge in [0, 0.05) is 22.3 Å². The molecule has 2 N–H and O–H groups in total. The van der Waals surface area contributed by atoms with Gasteiger partial charge in [-0.15, -0.1) is 0 Å². The molecule has 4 aromatic carbocycles. The van der Waals surface area contributed by atoms with Gasteiger partial charge in [0.2, 0.25) is 61.8 Å². The molecule has 0 spiro atoms. The summed E-state index contributed by atoms with van der Waals surface area (Å²) >= 11 is 0. The molecule has 4 aliphatic rings. The Hall–Kier alpha value is -6.44. The lowest BCUT2D eigenvalue weighted by Crippen LogP contribution is -2.18. The third kappa shape index (κ3) is 4.18. The van der Waals surface area contributed by atoms with Gasteiger partial charge < -0.3 is 48.1 Å². The highest BCUT2D eigenvalue weighted by Gasteiger charge is 2.33. The molecule has 0 unspecified atom stereocenters. The summed E-state index contributed by atoms with van der Waals surface area (Å²) in [5.41, 5.74) is -0.698. The SMILES string of the molecule is O=C(C(=O)c1cc2c(cc1-c1cc3c(cc1C(=O)C(=O)c1cc(O)c4c(c1)OCO4)OCO3)OCO2)c1cc(O)c2c(c1)OCO2. The Balaban J connectivity index is 1.25. The van der Waals surface area contributed by atoms with Crippen LogP contribution >= 0.6 is 0 Å². The maximum Gasteiger partial charge on any atom is 0.234 e. The number of hydrogen-bond donors (Lipinski definition) is 2. The molecular formula is C32H18O14. The van der Waals surface area contributed by atoms with E-state index < -0.39 is 34.6 Å². The number of phenols is 2. The van der Waals surface area contributed by atoms with Crippen LogP contribution < -0.4 is 37.9 Å². The van der Waals surface area contributed by atoms with E-state index >= 15 is 0 Å². The maximum atomic E-state index is 13.9. The van der Waals surface area contributed by atoms with Crippen molar-refractivity contribution < 1.29 is 67.3 Å². The van der Waals surface area contributed by atoms with Crippen molar-refractivity contribution in [1.29, 1.82) is 0 Å². The van der Waals surface area contributed by atoms with Crippen molar-refractivity contribution in [3.05, 3.63) is 70.8 Å². The monoisotopic (exact) mass is 626 g/mol. The zero-order valence-electron chi connectivity index (χ0n) is 23.2. The summed E-state index contributed by atoms with van der Waals surface area (Å²) in [6.07, 6.45) is 0. The van der Waals surface area contributed by atoms with Crippen molar-refractivity contribution in [2.45, 2.75) is 0 Å². The van der Waals surface area contributed by atoms with Crippen molar-refractivity contribution in [1.82, 2.24) is 0 Å². The Labute approximate surface area is 257 Å². The summed E-state index contributed by atoms with van der Waals surface area (Å²) < 4.78 is 42.9. The van der Waals surface area contributed by atoms with Crippen molar-refractivity contribution >= 4 is 23.1 Å². The van der Waals surface area contributed by atoms with Crippen LogP contribution in [0.2, 0.25) is 0 Å². The average Bonchev–Trinajstić information content (AvgIpc) is 3.88. The van der Waals surface area contributed by atoms with Crippen LogP contribution in [-0.2, 0) is 0 Å². The minimum absolute atomic E-state index is 0.0375. The van der Waals surface area contributed by atoms with Crippen LogP contribution in [0.1, 0.15) is 41.4 Å². The molecular weight excluding hydrogens is 608 g/mol. The summed E-state index contributed by atoms with van der Waals surface area (Å²) in [7, 11) is 0. The predicted molar refractivity (Wildman–Crippen MR) is 150 cm³/mol. The van der Waals surface area contributed by atoms with Crippen molar-refractivity contribution in [3.63, 3.8) is 0 Å². The number of carbonyl (C=O) groups is 4. The van der Waals surface area contributed by atoms with E-state index in [1.807, 2.05) is 0 Å². The lowest BCUT2D eigenvalue weighted by atomic mass is 9.87. The molecule has 0 saturated carbocycles. The quantitative estimate of drug-likeness (QED) is 0.223. The molecule has 4 heterocycles. The van der Waals surface area contributed by atoms with E-state index in [9.17, 15) is 29.4 Å². The Morgan fingerprint density at radius 2 is 0.761 bits per heavy atom. The molecule has 4 aromatic rings. The first-order chi connectivity index (χ1) is 22.3. The number of fused-ring (bicyclic) bond motifs is 4. The normalized spacial score (nSPS) is 14.3. The van der Waals surface area contributed by atoms with E-state index in [2.05, 4.69) is 0 Å². The van der Waals surface area contributed by atoms with E-state index in [0.717, 1.165) is 12.1 Å². The average molecular weight is 626 g/mol. The zero-order chi connectivity index (χ0) is 31.7. The van der Waals surface area contributed by atoms with Crippen LogP contribution in [0, 0.1) is 0 Å². The minimum atomic E-state index is -1.03. The first-order valence-electron chi connectivity index (χ1n) is 13.6. The largest absolute Gasteiger partial charge is 0.504 e. The van der Waals surface area contributed by atoms with Gasteiger partial charge in [-0.3, -0.25) is 19.2 Å². The molecule has 0 fully saturated rings. The minimum Gasteiger partial charge on any atom is -0.504 e. The van der Waals surface area contributed by atoms with Crippen LogP contribution in [0.4, 0.5) is 0 Å². The number of hydrogen-bond acceptors (Lipinski definition) is 14. The first-order valence-corrected chi connectivity index (χ1v) is 13.6. The third-order valence-electron chi connectivity index (χ3n) is 7.65. The molecule has 14 nitrogen and oxygen atoms in total. The Bertz CT molecular complexity index is 1920. The fourth-order valence-corrected chi connectivity index (χ4v) is 5.46. The van der Waals surface area contributed by atoms with Gasteiger partial charge in [-0.1, -0.05) is 0 Å². The van der Waals surface area contributed by atoms with Crippen LogP contribution in [0.25, 0.3) is 11.1 Å². The molecule has 0 atom stereocenters. The fraction of sp³-hybridized carbons (Fsp3) is 0.125. The van der Waals surface area contributed by atoms with Gasteiger partial charge >= 0.3 is 0 Å². The summed E-state index contributed by atoms with van der Waals surface area (Å²) in [5, 5.41) is 20.7. The summed E-state index contributed by atoms with van der Waals surface area (Å²) in [6, 6.07) is 10.1. The smallest absolute Gasteiger partial charge is 0.234 e.